The average Bonchev–Trinajstić information content (AvgIpc) is 2.92. The Morgan fingerprint density at radius 3 is 2.62 bits per heavy atom. The smallest absolute Gasteiger partial charge is 0.317 e. The van der Waals surface area contributed by atoms with Crippen LogP contribution in [0.5, 0.6) is 0 Å². The molecule has 144 valence electrons. The zero-order valence-corrected chi connectivity index (χ0v) is 16.4. The molecule has 2 saturated heterocycles. The highest BCUT2D eigenvalue weighted by molar-refractivity contribution is 5.75. The third-order valence-corrected chi connectivity index (χ3v) is 5.52. The minimum absolute atomic E-state index is 0.00563. The molecule has 0 spiro atoms. The number of nitrogens with zero attached hydrogens (tertiary/aromatic N) is 1. The first-order chi connectivity index (χ1) is 12.1. The minimum atomic E-state index is -0.212. The van der Waals surface area contributed by atoms with Crippen molar-refractivity contribution in [2.75, 3.05) is 6.54 Å². The van der Waals surface area contributed by atoms with Crippen LogP contribution in [0.3, 0.4) is 0 Å². The Balaban J connectivity index is 1.63. The van der Waals surface area contributed by atoms with Crippen LogP contribution in [-0.4, -0.2) is 40.6 Å². The summed E-state index contributed by atoms with van der Waals surface area (Å²) in [5, 5.41) is 6.92. The van der Waals surface area contributed by atoms with Gasteiger partial charge in [0.2, 0.25) is 0 Å². The van der Waals surface area contributed by atoms with Crippen molar-refractivity contribution in [2.45, 2.75) is 83.0 Å². The van der Waals surface area contributed by atoms with Crippen LogP contribution >= 0.6 is 0 Å². The first-order valence-corrected chi connectivity index (χ1v) is 9.74. The second-order valence-corrected chi connectivity index (χ2v) is 9.27. The lowest BCUT2D eigenvalue weighted by Crippen LogP contribution is -2.63. The lowest BCUT2D eigenvalue weighted by atomic mass is 9.79. The number of rotatable bonds is 3. The fourth-order valence-corrected chi connectivity index (χ4v) is 4.93. The maximum Gasteiger partial charge on any atom is 0.317 e. The summed E-state index contributed by atoms with van der Waals surface area (Å²) in [5.41, 5.74) is 0.969. The molecule has 26 heavy (non-hydrogen) atoms. The van der Waals surface area contributed by atoms with Gasteiger partial charge >= 0.3 is 6.03 Å². The van der Waals surface area contributed by atoms with Gasteiger partial charge in [-0.05, 0) is 77.5 Å². The number of hydrogen-bond acceptors (Lipinski definition) is 2. The quantitative estimate of drug-likeness (QED) is 0.859. The molecule has 0 unspecified atom stereocenters. The van der Waals surface area contributed by atoms with E-state index >= 15 is 0 Å². The number of hydrogen-bond donors (Lipinski definition) is 2. The topological polar surface area (TPSA) is 44.4 Å². The first kappa shape index (κ1) is 19.2. The largest absolute Gasteiger partial charge is 0.335 e. The van der Waals surface area contributed by atoms with Crippen LogP contribution < -0.4 is 10.6 Å². The third kappa shape index (κ3) is 4.76. The molecule has 2 aliphatic rings. The molecule has 1 aromatic rings. The molecule has 0 radical (unpaired) electrons. The van der Waals surface area contributed by atoms with Gasteiger partial charge in [0.1, 0.15) is 5.82 Å². The number of piperidine rings is 1. The molecule has 2 fully saturated rings. The Labute approximate surface area is 156 Å². The molecular formula is C21H32FN3O. The van der Waals surface area contributed by atoms with E-state index < -0.39 is 0 Å². The zero-order valence-electron chi connectivity index (χ0n) is 16.4. The molecule has 1 aromatic carbocycles. The van der Waals surface area contributed by atoms with E-state index in [1.807, 2.05) is 11.0 Å². The second-order valence-electron chi connectivity index (χ2n) is 9.27. The van der Waals surface area contributed by atoms with Crippen LogP contribution in [-0.2, 0) is 6.42 Å². The van der Waals surface area contributed by atoms with E-state index in [9.17, 15) is 9.18 Å². The van der Waals surface area contributed by atoms with Crippen LogP contribution in [0.1, 0.15) is 58.9 Å². The number of halogens is 1. The Morgan fingerprint density at radius 2 is 1.96 bits per heavy atom. The Hall–Kier alpha value is -1.62. The van der Waals surface area contributed by atoms with Gasteiger partial charge in [0, 0.05) is 29.7 Å². The summed E-state index contributed by atoms with van der Waals surface area (Å²) >= 11 is 0. The van der Waals surface area contributed by atoms with E-state index in [0.717, 1.165) is 37.8 Å². The standard InChI is InChI=1S/C21H32FN3O/c1-20(2)13-17(14-21(3,4)24-20)23-19(26)25-10-6-9-18(25)12-15-7-5-8-16(22)11-15/h5,7-8,11,17-18,24H,6,9-10,12-14H2,1-4H3,(H,23,26)/t18-/m1/s1. The van der Waals surface area contributed by atoms with Gasteiger partial charge in [0.15, 0.2) is 0 Å². The Kier molecular flexibility index (Phi) is 5.29. The van der Waals surface area contributed by atoms with Crippen molar-refractivity contribution < 1.29 is 9.18 Å². The molecule has 2 aliphatic heterocycles. The SMILES string of the molecule is CC1(C)CC(NC(=O)N2CCC[C@@H]2Cc2cccc(F)c2)CC(C)(C)N1. The Morgan fingerprint density at radius 1 is 1.27 bits per heavy atom. The van der Waals surface area contributed by atoms with Crippen LogP contribution in [0.4, 0.5) is 9.18 Å². The first-order valence-electron chi connectivity index (χ1n) is 9.74. The number of nitrogens with one attached hydrogen (secondary N) is 2. The summed E-state index contributed by atoms with van der Waals surface area (Å²) in [7, 11) is 0. The van der Waals surface area contributed by atoms with E-state index in [-0.39, 0.29) is 35.0 Å². The lowest BCUT2D eigenvalue weighted by molar-refractivity contribution is 0.137. The van der Waals surface area contributed by atoms with Gasteiger partial charge in [-0.1, -0.05) is 12.1 Å². The zero-order chi connectivity index (χ0) is 18.9. The highest BCUT2D eigenvalue weighted by atomic mass is 19.1. The predicted molar refractivity (Wildman–Crippen MR) is 103 cm³/mol. The molecule has 4 nitrogen and oxygen atoms in total. The van der Waals surface area contributed by atoms with E-state index in [1.54, 1.807) is 12.1 Å². The number of carbonyl (C=O) groups excluding carboxylic acids is 1. The van der Waals surface area contributed by atoms with Gasteiger partial charge < -0.3 is 15.5 Å². The number of amides is 2. The van der Waals surface area contributed by atoms with Crippen molar-refractivity contribution >= 4 is 6.03 Å². The highest BCUT2D eigenvalue weighted by Crippen LogP contribution is 2.29. The molecule has 0 bridgehead atoms. The molecule has 2 N–H and O–H groups in total. The summed E-state index contributed by atoms with van der Waals surface area (Å²) in [4.78, 5) is 14.9. The van der Waals surface area contributed by atoms with Crippen molar-refractivity contribution in [3.8, 4) is 0 Å². The van der Waals surface area contributed by atoms with Gasteiger partial charge in [0.25, 0.3) is 0 Å². The fraction of sp³-hybridized carbons (Fsp3) is 0.667. The maximum absolute atomic E-state index is 13.5. The summed E-state index contributed by atoms with van der Waals surface area (Å²) in [6.45, 7) is 9.54. The normalized spacial score (nSPS) is 25.3. The molecule has 5 heteroatoms. The van der Waals surface area contributed by atoms with E-state index in [1.165, 1.54) is 6.07 Å². The van der Waals surface area contributed by atoms with Gasteiger partial charge in [-0.3, -0.25) is 0 Å². The highest BCUT2D eigenvalue weighted by Gasteiger charge is 2.39. The number of benzene rings is 1. The van der Waals surface area contributed by atoms with E-state index in [0.29, 0.717) is 6.42 Å². The van der Waals surface area contributed by atoms with Crippen molar-refractivity contribution in [3.05, 3.63) is 35.6 Å². The molecule has 3 rings (SSSR count). The molecular weight excluding hydrogens is 329 g/mol. The molecule has 2 heterocycles. The number of urea groups is 1. The lowest BCUT2D eigenvalue weighted by Gasteiger charge is -2.47. The number of likely N-dealkylation sites (tertiary alicyclic amines) is 1. The van der Waals surface area contributed by atoms with Gasteiger partial charge in [-0.15, -0.1) is 0 Å². The average molecular weight is 362 g/mol. The molecule has 0 saturated carbocycles. The fourth-order valence-electron chi connectivity index (χ4n) is 4.93. The van der Waals surface area contributed by atoms with Gasteiger partial charge in [-0.25, -0.2) is 9.18 Å². The minimum Gasteiger partial charge on any atom is -0.335 e. The summed E-state index contributed by atoms with van der Waals surface area (Å²) in [5.74, 6) is -0.212. The second kappa shape index (κ2) is 7.18. The Bertz CT molecular complexity index is 642. The van der Waals surface area contributed by atoms with Crippen LogP contribution in [0.15, 0.2) is 24.3 Å². The van der Waals surface area contributed by atoms with E-state index in [4.69, 9.17) is 0 Å². The summed E-state index contributed by atoms with van der Waals surface area (Å²) in [6.07, 6.45) is 4.55. The molecule has 0 aromatic heterocycles. The summed E-state index contributed by atoms with van der Waals surface area (Å²) < 4.78 is 13.5. The van der Waals surface area contributed by atoms with Crippen molar-refractivity contribution in [2.24, 2.45) is 0 Å². The van der Waals surface area contributed by atoms with Gasteiger partial charge in [0.05, 0.1) is 0 Å². The van der Waals surface area contributed by atoms with Crippen molar-refractivity contribution in [3.63, 3.8) is 0 Å². The van der Waals surface area contributed by atoms with Crippen molar-refractivity contribution in [1.82, 2.24) is 15.5 Å². The summed E-state index contributed by atoms with van der Waals surface area (Å²) in [6, 6.07) is 7.07. The van der Waals surface area contributed by atoms with Crippen LogP contribution in [0.25, 0.3) is 0 Å². The molecule has 1 atom stereocenters. The number of carbonyl (C=O) groups is 1. The van der Waals surface area contributed by atoms with Gasteiger partial charge in [-0.2, -0.15) is 0 Å². The van der Waals surface area contributed by atoms with Crippen molar-refractivity contribution in [1.29, 1.82) is 0 Å². The third-order valence-electron chi connectivity index (χ3n) is 5.52. The van der Waals surface area contributed by atoms with Crippen LogP contribution in [0, 0.1) is 5.82 Å². The molecule has 0 aliphatic carbocycles. The van der Waals surface area contributed by atoms with E-state index in [2.05, 4.69) is 38.3 Å². The monoisotopic (exact) mass is 361 g/mol. The predicted octanol–water partition coefficient (Wildman–Crippen LogP) is 3.85. The van der Waals surface area contributed by atoms with Crippen LogP contribution in [0.2, 0.25) is 0 Å². The maximum atomic E-state index is 13.5. The molecule has 2 amide bonds.